The van der Waals surface area contributed by atoms with E-state index in [1.165, 1.54) is 17.1 Å². The van der Waals surface area contributed by atoms with Crippen molar-refractivity contribution >= 4 is 16.0 Å². The van der Waals surface area contributed by atoms with E-state index in [9.17, 15) is 21.6 Å². The first-order chi connectivity index (χ1) is 17.1. The van der Waals surface area contributed by atoms with E-state index >= 15 is 0 Å². The zero-order valence-corrected chi connectivity index (χ0v) is 21.9. The lowest BCUT2D eigenvalue weighted by atomic mass is 9.65. The molecule has 3 fully saturated rings. The van der Waals surface area contributed by atoms with Gasteiger partial charge < -0.3 is 9.64 Å². The predicted octanol–water partition coefficient (Wildman–Crippen LogP) is 4.29. The third-order valence-corrected chi connectivity index (χ3v) is 10.2. The molecule has 0 aromatic carbocycles. The van der Waals surface area contributed by atoms with Gasteiger partial charge >= 0.3 is 6.18 Å². The molecule has 1 aromatic rings. The molecular formula is C25H39F3N4O3S. The number of aryl methyl sites for hydroxylation is 1. The molecule has 3 heterocycles. The zero-order valence-electron chi connectivity index (χ0n) is 21.1. The number of aromatic nitrogens is 2. The monoisotopic (exact) mass is 532 g/mol. The molecule has 0 spiro atoms. The van der Waals surface area contributed by atoms with Crippen molar-refractivity contribution < 1.29 is 26.3 Å². The van der Waals surface area contributed by atoms with Gasteiger partial charge in [0.1, 0.15) is 0 Å². The lowest BCUT2D eigenvalue weighted by molar-refractivity contribution is -0.130. The molecule has 7 nitrogen and oxygen atoms in total. The van der Waals surface area contributed by atoms with Crippen molar-refractivity contribution in [2.75, 3.05) is 50.0 Å². The van der Waals surface area contributed by atoms with E-state index in [1.807, 2.05) is 12.4 Å². The summed E-state index contributed by atoms with van der Waals surface area (Å²) in [5, 5.41) is 0. The first-order valence-corrected chi connectivity index (χ1v) is 14.9. The van der Waals surface area contributed by atoms with E-state index in [4.69, 9.17) is 4.74 Å². The predicted molar refractivity (Wildman–Crippen MR) is 132 cm³/mol. The maximum absolute atomic E-state index is 12.4. The van der Waals surface area contributed by atoms with Gasteiger partial charge in [0.15, 0.2) is 0 Å². The summed E-state index contributed by atoms with van der Waals surface area (Å²) in [6, 6.07) is 0. The summed E-state index contributed by atoms with van der Waals surface area (Å²) in [4.78, 5) is 11.3. The topological polar surface area (TPSA) is 75.6 Å². The molecule has 1 saturated carbocycles. The van der Waals surface area contributed by atoms with Crippen LogP contribution in [0, 0.1) is 23.7 Å². The summed E-state index contributed by atoms with van der Waals surface area (Å²) in [7, 11) is -3.85. The number of rotatable bonds is 10. The van der Waals surface area contributed by atoms with Gasteiger partial charge in [-0.3, -0.25) is 0 Å². The van der Waals surface area contributed by atoms with Crippen LogP contribution in [0.25, 0.3) is 0 Å². The molecule has 0 radical (unpaired) electrons. The van der Waals surface area contributed by atoms with Crippen molar-refractivity contribution in [3.05, 3.63) is 18.0 Å². The highest BCUT2D eigenvalue weighted by Crippen LogP contribution is 2.44. The van der Waals surface area contributed by atoms with Crippen LogP contribution in [-0.4, -0.2) is 74.0 Å². The quantitative estimate of drug-likeness (QED) is 0.448. The molecule has 0 bridgehead atoms. The number of alkyl halides is 3. The Morgan fingerprint density at radius 3 is 2.19 bits per heavy atom. The largest absolute Gasteiger partial charge is 0.390 e. The first-order valence-electron chi connectivity index (χ1n) is 13.3. The molecule has 2 aliphatic heterocycles. The molecule has 0 amide bonds. The van der Waals surface area contributed by atoms with E-state index in [2.05, 4.69) is 21.8 Å². The van der Waals surface area contributed by atoms with Crippen LogP contribution in [0.1, 0.15) is 57.4 Å². The molecule has 4 rings (SSSR count). The van der Waals surface area contributed by atoms with Gasteiger partial charge in [-0.1, -0.05) is 6.92 Å². The van der Waals surface area contributed by atoms with Crippen molar-refractivity contribution in [2.45, 2.75) is 64.5 Å². The summed E-state index contributed by atoms with van der Waals surface area (Å²) >= 11 is 0. The highest BCUT2D eigenvalue weighted by Gasteiger charge is 2.39. The van der Waals surface area contributed by atoms with Crippen molar-refractivity contribution in [3.8, 4) is 0 Å². The Morgan fingerprint density at radius 1 is 0.972 bits per heavy atom. The molecule has 11 heteroatoms. The van der Waals surface area contributed by atoms with Crippen molar-refractivity contribution in [3.63, 3.8) is 0 Å². The van der Waals surface area contributed by atoms with Gasteiger partial charge in [-0.2, -0.15) is 13.2 Å². The first kappa shape index (κ1) is 27.6. The van der Waals surface area contributed by atoms with Gasteiger partial charge in [-0.25, -0.2) is 22.7 Å². The third-order valence-electron chi connectivity index (χ3n) is 8.30. The number of halogens is 3. The fourth-order valence-electron chi connectivity index (χ4n) is 5.76. The van der Waals surface area contributed by atoms with Crippen molar-refractivity contribution in [1.82, 2.24) is 14.3 Å². The second-order valence-electron chi connectivity index (χ2n) is 10.6. The van der Waals surface area contributed by atoms with E-state index in [0.29, 0.717) is 37.2 Å². The molecule has 0 N–H and O–H groups in total. The van der Waals surface area contributed by atoms with Gasteiger partial charge in [-0.15, -0.1) is 0 Å². The molecule has 3 aliphatic rings. The Labute approximate surface area is 212 Å². The number of piperidine rings is 2. The standard InChI is InChI=1S/C25H39F3N4O3S/c1-2-19-15-29-24(30-16-19)31-10-7-21(8-11-31)23-4-3-22(23)18-35-17-20-5-12-32(13-6-20)36(33,34)14-9-25(26,27)28/h15-16,20-23H,2-14,17-18H2,1H3. The minimum atomic E-state index is -4.45. The molecule has 204 valence electrons. The van der Waals surface area contributed by atoms with Gasteiger partial charge in [0.05, 0.1) is 12.2 Å². The molecule has 36 heavy (non-hydrogen) atoms. The average molecular weight is 533 g/mol. The van der Waals surface area contributed by atoms with E-state index in [0.717, 1.165) is 50.5 Å². The maximum Gasteiger partial charge on any atom is 0.390 e. The fraction of sp³-hybridized carbons (Fsp3) is 0.840. The third kappa shape index (κ3) is 7.31. The zero-order chi connectivity index (χ0) is 25.8. The van der Waals surface area contributed by atoms with Gasteiger partial charge in [0, 0.05) is 51.8 Å². The Kier molecular flexibility index (Phi) is 9.14. The molecule has 2 unspecified atom stereocenters. The molecule has 1 aliphatic carbocycles. The number of hydrogen-bond acceptors (Lipinski definition) is 6. The van der Waals surface area contributed by atoms with E-state index in [1.54, 1.807) is 0 Å². The molecule has 2 saturated heterocycles. The van der Waals surface area contributed by atoms with Crippen LogP contribution in [0.2, 0.25) is 0 Å². The van der Waals surface area contributed by atoms with Crippen LogP contribution in [0.3, 0.4) is 0 Å². The maximum atomic E-state index is 12.4. The van der Waals surface area contributed by atoms with Crippen LogP contribution in [0.15, 0.2) is 12.4 Å². The number of ether oxygens (including phenoxy) is 1. The van der Waals surface area contributed by atoms with Gasteiger partial charge in [0.25, 0.3) is 0 Å². The SMILES string of the molecule is CCc1cnc(N2CCC(C3CCC3COCC3CCN(S(=O)(=O)CCC(F)(F)F)CC3)CC2)nc1. The van der Waals surface area contributed by atoms with Crippen molar-refractivity contribution in [1.29, 1.82) is 0 Å². The average Bonchev–Trinajstić information content (AvgIpc) is 2.85. The highest BCUT2D eigenvalue weighted by atomic mass is 32.2. The van der Waals surface area contributed by atoms with Crippen LogP contribution in [0.5, 0.6) is 0 Å². The smallest absolute Gasteiger partial charge is 0.381 e. The lowest BCUT2D eigenvalue weighted by Crippen LogP contribution is -2.43. The normalized spacial score (nSPS) is 25.2. The van der Waals surface area contributed by atoms with Crippen LogP contribution >= 0.6 is 0 Å². The number of anilines is 1. The Bertz CT molecular complexity index is 929. The summed E-state index contributed by atoms with van der Waals surface area (Å²) < 4.78 is 68.9. The Hall–Kier alpha value is -1.46. The minimum Gasteiger partial charge on any atom is -0.381 e. The van der Waals surface area contributed by atoms with Gasteiger partial charge in [-0.05, 0) is 74.2 Å². The number of sulfonamides is 1. The lowest BCUT2D eigenvalue weighted by Gasteiger charge is -2.45. The van der Waals surface area contributed by atoms with Crippen LogP contribution < -0.4 is 4.90 Å². The highest BCUT2D eigenvalue weighted by molar-refractivity contribution is 7.89. The second-order valence-corrected chi connectivity index (χ2v) is 12.7. The molecule has 1 aromatic heterocycles. The summed E-state index contributed by atoms with van der Waals surface area (Å²) in [5.41, 5.74) is 1.16. The van der Waals surface area contributed by atoms with E-state index in [-0.39, 0.29) is 19.0 Å². The number of hydrogen-bond donors (Lipinski definition) is 0. The Morgan fingerprint density at radius 2 is 1.64 bits per heavy atom. The summed E-state index contributed by atoms with van der Waals surface area (Å²) in [5.74, 6) is 2.24. The Balaban J connectivity index is 1.13. The molecular weight excluding hydrogens is 493 g/mol. The summed E-state index contributed by atoms with van der Waals surface area (Å²) in [6.07, 6.45) is 5.08. The second kappa shape index (κ2) is 11.9. The van der Waals surface area contributed by atoms with Gasteiger partial charge in [0.2, 0.25) is 16.0 Å². The van der Waals surface area contributed by atoms with Crippen LogP contribution in [0.4, 0.5) is 19.1 Å². The molecule has 2 atom stereocenters. The van der Waals surface area contributed by atoms with E-state index < -0.39 is 28.4 Å². The number of nitrogens with zero attached hydrogens (tertiary/aromatic N) is 4. The minimum absolute atomic E-state index is 0.264. The fourth-order valence-corrected chi connectivity index (χ4v) is 7.27. The van der Waals surface area contributed by atoms with Crippen LogP contribution in [-0.2, 0) is 21.2 Å². The summed E-state index contributed by atoms with van der Waals surface area (Å²) in [6.45, 7) is 5.99. The van der Waals surface area contributed by atoms with Crippen molar-refractivity contribution in [2.24, 2.45) is 23.7 Å².